The minimum atomic E-state index is -0.443. The van der Waals surface area contributed by atoms with Gasteiger partial charge in [-0.1, -0.05) is 23.7 Å². The lowest BCUT2D eigenvalue weighted by Crippen LogP contribution is -2.18. The maximum atomic E-state index is 11.3. The first-order valence-corrected chi connectivity index (χ1v) is 7.02. The topological polar surface area (TPSA) is 58.0 Å². The molecule has 108 valence electrons. The summed E-state index contributed by atoms with van der Waals surface area (Å²) in [6.45, 7) is 2.05. The third kappa shape index (κ3) is 2.60. The number of H-pyrrole nitrogens is 1. The highest BCUT2D eigenvalue weighted by Gasteiger charge is 2.16. The molecule has 3 rings (SSSR count). The zero-order chi connectivity index (χ0) is 15.0. The van der Waals surface area contributed by atoms with Gasteiger partial charge >= 0.3 is 5.76 Å². The van der Waals surface area contributed by atoms with Crippen molar-refractivity contribution >= 4 is 22.7 Å². The molecule has 0 aliphatic rings. The van der Waals surface area contributed by atoms with Gasteiger partial charge in [-0.2, -0.15) is 0 Å². The Morgan fingerprint density at radius 3 is 2.81 bits per heavy atom. The summed E-state index contributed by atoms with van der Waals surface area (Å²) in [4.78, 5) is 13.9. The summed E-state index contributed by atoms with van der Waals surface area (Å²) in [6, 6.07) is 11.5. The van der Waals surface area contributed by atoms with Crippen molar-refractivity contribution in [1.82, 2.24) is 10.3 Å². The number of rotatable bonds is 3. The van der Waals surface area contributed by atoms with Crippen LogP contribution in [0.15, 0.2) is 45.6 Å². The van der Waals surface area contributed by atoms with Crippen molar-refractivity contribution in [2.75, 3.05) is 7.05 Å². The van der Waals surface area contributed by atoms with Gasteiger partial charge in [0.2, 0.25) is 0 Å². The Labute approximate surface area is 126 Å². The van der Waals surface area contributed by atoms with Crippen LogP contribution in [0.5, 0.6) is 0 Å². The van der Waals surface area contributed by atoms with Gasteiger partial charge in [0.05, 0.1) is 11.6 Å². The number of hydrogen-bond acceptors (Lipinski definition) is 3. The van der Waals surface area contributed by atoms with Crippen molar-refractivity contribution in [3.63, 3.8) is 0 Å². The van der Waals surface area contributed by atoms with Gasteiger partial charge in [0.1, 0.15) is 0 Å². The van der Waals surface area contributed by atoms with E-state index >= 15 is 0 Å². The van der Waals surface area contributed by atoms with Crippen molar-refractivity contribution in [2.45, 2.75) is 13.0 Å². The maximum Gasteiger partial charge on any atom is 0.417 e. The Balaban J connectivity index is 2.12. The van der Waals surface area contributed by atoms with Crippen LogP contribution in [-0.4, -0.2) is 12.0 Å². The van der Waals surface area contributed by atoms with Gasteiger partial charge in [-0.3, -0.25) is 4.98 Å². The Kier molecular flexibility index (Phi) is 3.57. The lowest BCUT2D eigenvalue weighted by Gasteiger charge is -2.19. The molecule has 1 unspecified atom stereocenters. The molecule has 2 aromatic carbocycles. The van der Waals surface area contributed by atoms with Crippen molar-refractivity contribution in [1.29, 1.82) is 0 Å². The van der Waals surface area contributed by atoms with Crippen LogP contribution >= 0.6 is 11.6 Å². The fraction of sp³-hybridized carbons (Fsp3) is 0.188. The number of hydrogen-bond donors (Lipinski definition) is 2. The molecule has 0 saturated carbocycles. The predicted molar refractivity (Wildman–Crippen MR) is 83.9 cm³/mol. The number of benzene rings is 2. The average Bonchev–Trinajstić information content (AvgIpc) is 2.83. The van der Waals surface area contributed by atoms with E-state index in [1.54, 1.807) is 0 Å². The second-order valence-corrected chi connectivity index (χ2v) is 5.43. The lowest BCUT2D eigenvalue weighted by atomic mass is 9.95. The van der Waals surface area contributed by atoms with E-state index in [0.29, 0.717) is 16.1 Å². The molecule has 0 fully saturated rings. The largest absolute Gasteiger partial charge is 0.417 e. The summed E-state index contributed by atoms with van der Waals surface area (Å²) in [5, 5.41) is 3.98. The Morgan fingerprint density at radius 2 is 2.05 bits per heavy atom. The Morgan fingerprint density at radius 1 is 1.24 bits per heavy atom. The first-order valence-electron chi connectivity index (χ1n) is 6.64. The van der Waals surface area contributed by atoms with E-state index in [2.05, 4.69) is 10.3 Å². The van der Waals surface area contributed by atoms with Crippen LogP contribution in [0.3, 0.4) is 0 Å². The van der Waals surface area contributed by atoms with Crippen molar-refractivity contribution in [3.8, 4) is 0 Å². The minimum Gasteiger partial charge on any atom is -0.408 e. The first kappa shape index (κ1) is 13.9. The van der Waals surface area contributed by atoms with Gasteiger partial charge in [0, 0.05) is 5.02 Å². The quantitative estimate of drug-likeness (QED) is 0.779. The Bertz CT molecular complexity index is 851. The van der Waals surface area contributed by atoms with E-state index in [1.165, 1.54) is 0 Å². The first-order chi connectivity index (χ1) is 10.1. The second-order valence-electron chi connectivity index (χ2n) is 4.99. The highest BCUT2D eigenvalue weighted by Crippen LogP contribution is 2.28. The van der Waals surface area contributed by atoms with Gasteiger partial charge in [0.15, 0.2) is 5.58 Å². The molecular formula is C16H15ClN2O2. The van der Waals surface area contributed by atoms with Crippen LogP contribution in [-0.2, 0) is 0 Å². The number of halogens is 1. The van der Waals surface area contributed by atoms with Crippen LogP contribution in [0, 0.1) is 6.92 Å². The van der Waals surface area contributed by atoms with Crippen LogP contribution in [0.25, 0.3) is 11.1 Å². The zero-order valence-electron chi connectivity index (χ0n) is 11.7. The normalized spacial score (nSPS) is 12.7. The number of aromatic amines is 1. The molecule has 0 amide bonds. The summed E-state index contributed by atoms with van der Waals surface area (Å²) in [5.74, 6) is -0.443. The van der Waals surface area contributed by atoms with Crippen molar-refractivity contribution < 1.29 is 4.42 Å². The molecule has 5 heteroatoms. The molecule has 0 saturated heterocycles. The molecule has 1 heterocycles. The van der Waals surface area contributed by atoms with Crippen LogP contribution in [0.1, 0.15) is 22.7 Å². The third-order valence-corrected chi connectivity index (χ3v) is 3.85. The highest BCUT2D eigenvalue weighted by atomic mass is 35.5. The van der Waals surface area contributed by atoms with E-state index < -0.39 is 5.76 Å². The number of aromatic nitrogens is 1. The van der Waals surface area contributed by atoms with E-state index in [9.17, 15) is 4.79 Å². The van der Waals surface area contributed by atoms with E-state index in [-0.39, 0.29) is 6.04 Å². The van der Waals surface area contributed by atoms with Crippen molar-refractivity contribution in [3.05, 3.63) is 68.7 Å². The molecule has 2 N–H and O–H groups in total. The summed E-state index contributed by atoms with van der Waals surface area (Å²) < 4.78 is 5.13. The fourth-order valence-corrected chi connectivity index (χ4v) is 2.75. The van der Waals surface area contributed by atoms with Gasteiger partial charge < -0.3 is 9.73 Å². The van der Waals surface area contributed by atoms with Crippen LogP contribution in [0.2, 0.25) is 5.02 Å². The van der Waals surface area contributed by atoms with E-state index in [4.69, 9.17) is 16.0 Å². The summed E-state index contributed by atoms with van der Waals surface area (Å²) >= 11 is 6.11. The molecule has 21 heavy (non-hydrogen) atoms. The highest BCUT2D eigenvalue weighted by molar-refractivity contribution is 6.30. The minimum absolute atomic E-state index is 0.0201. The van der Waals surface area contributed by atoms with Gasteiger partial charge in [-0.05, 0) is 54.9 Å². The lowest BCUT2D eigenvalue weighted by molar-refractivity contribution is 0.554. The monoisotopic (exact) mass is 302 g/mol. The molecule has 0 spiro atoms. The van der Waals surface area contributed by atoms with Gasteiger partial charge in [-0.25, -0.2) is 4.79 Å². The van der Waals surface area contributed by atoms with Gasteiger partial charge in [0.25, 0.3) is 0 Å². The summed E-state index contributed by atoms with van der Waals surface area (Å²) in [7, 11) is 1.89. The molecule has 0 bridgehead atoms. The molecule has 0 aliphatic carbocycles. The number of aryl methyl sites for hydroxylation is 1. The molecule has 0 radical (unpaired) electrons. The van der Waals surface area contributed by atoms with Crippen molar-refractivity contribution in [2.24, 2.45) is 0 Å². The zero-order valence-corrected chi connectivity index (χ0v) is 12.5. The molecule has 1 atom stereocenters. The summed E-state index contributed by atoms with van der Waals surface area (Å²) in [6.07, 6.45) is 0. The van der Waals surface area contributed by atoms with Crippen LogP contribution < -0.4 is 11.1 Å². The predicted octanol–water partition coefficient (Wildman–Crippen LogP) is 3.39. The second kappa shape index (κ2) is 5.39. The van der Waals surface area contributed by atoms with Gasteiger partial charge in [-0.15, -0.1) is 0 Å². The summed E-state index contributed by atoms with van der Waals surface area (Å²) in [5.41, 5.74) is 4.51. The number of nitrogens with one attached hydrogen (secondary N) is 2. The van der Waals surface area contributed by atoms with E-state index in [0.717, 1.165) is 16.7 Å². The maximum absolute atomic E-state index is 11.3. The van der Waals surface area contributed by atoms with E-state index in [1.807, 2.05) is 50.4 Å². The average molecular weight is 303 g/mol. The molecule has 0 aliphatic heterocycles. The fourth-order valence-electron chi connectivity index (χ4n) is 2.57. The smallest absolute Gasteiger partial charge is 0.408 e. The number of fused-ring (bicyclic) bond motifs is 1. The number of oxazole rings is 1. The molecule has 1 aromatic heterocycles. The molecule has 3 aromatic rings. The molecule has 4 nitrogen and oxygen atoms in total. The Hall–Kier alpha value is -2.04. The SMILES string of the molecule is CNC(c1ccc2[nH]c(=O)oc2c1)c1cc(Cl)ccc1C. The molecular weight excluding hydrogens is 288 g/mol. The van der Waals surface area contributed by atoms with Crippen LogP contribution in [0.4, 0.5) is 0 Å². The standard InChI is InChI=1S/C16H15ClN2O2/c1-9-3-5-11(17)8-12(9)15(18-2)10-4-6-13-14(7-10)21-16(20)19-13/h3-8,15,18H,1-2H3,(H,19,20). The third-order valence-electron chi connectivity index (χ3n) is 3.62.